The number of ether oxygens (including phenoxy) is 1. The van der Waals surface area contributed by atoms with Gasteiger partial charge in [-0.25, -0.2) is 17.9 Å². The molecule has 30 heteroatoms. The monoisotopic (exact) mass is 677 g/mol. The zero-order valence-corrected chi connectivity index (χ0v) is 23.0. The largest absolute Gasteiger partial charge is 0.790 e. The van der Waals surface area contributed by atoms with Gasteiger partial charge in [0.15, 0.2) is 17.4 Å². The van der Waals surface area contributed by atoms with E-state index >= 15 is 0 Å². The summed E-state index contributed by atoms with van der Waals surface area (Å²) in [5, 5.41) is 20.5. The second-order valence-electron chi connectivity index (χ2n) is 7.18. The van der Waals surface area contributed by atoms with Crippen LogP contribution in [0.1, 0.15) is 6.23 Å². The number of anilines is 1. The van der Waals surface area contributed by atoms with Gasteiger partial charge in [-0.1, -0.05) is 0 Å². The first-order chi connectivity index (χ1) is 18.0. The lowest BCUT2D eigenvalue weighted by molar-refractivity contribution is -0.339. The highest BCUT2D eigenvalue weighted by molar-refractivity contribution is 7.69. The van der Waals surface area contributed by atoms with Crippen LogP contribution in [0.25, 0.3) is 11.2 Å². The molecule has 0 aromatic carbocycles. The quantitative estimate of drug-likeness (QED) is 0.152. The highest BCUT2D eigenvalue weighted by Crippen LogP contribution is 2.68. The number of fused-ring (bicyclic) bond motifs is 1. The summed E-state index contributed by atoms with van der Waals surface area (Å²) in [7, 11) is -32.6. The van der Waals surface area contributed by atoms with Gasteiger partial charge in [0.2, 0.25) is 5.95 Å². The number of aromatic nitrogens is 4. The minimum absolute atomic E-state index is 0.230. The number of aliphatic hydroxyl groups is 2. The lowest BCUT2D eigenvalue weighted by Gasteiger charge is -2.39. The van der Waals surface area contributed by atoms with Crippen molar-refractivity contribution in [3.63, 3.8) is 0 Å². The van der Waals surface area contributed by atoms with E-state index in [1.807, 2.05) is 0 Å². The molecule has 8 atom stereocenters. The zero-order valence-electron chi connectivity index (χ0n) is 18.5. The predicted octanol–water partition coefficient (Wildman–Crippen LogP) is -5.89. The van der Waals surface area contributed by atoms with Gasteiger partial charge in [-0.3, -0.25) is 36.9 Å². The number of nitrogen functional groups attached to an aromatic ring is 1. The van der Waals surface area contributed by atoms with E-state index in [0.717, 1.165) is 10.9 Å². The number of phosphoric acid groups is 5. The first-order valence-electron chi connectivity index (χ1n) is 9.50. The van der Waals surface area contributed by atoms with Crippen LogP contribution in [0.15, 0.2) is 11.1 Å². The SMILES string of the molecule is Nc1nc2c(ncn2[C@@H]2O[C@H](COP(=O)([O-])OP(=O)([O-])OP(=O)([O-])OP(=O)([O-])OP(=O)([O-])[O-])[C@@H](O)[C@H]2O)c(=O)[nH]1. The molecule has 228 valence electrons. The number of nitrogens with one attached hydrogen (secondary N) is 1. The lowest BCUT2D eigenvalue weighted by Crippen LogP contribution is -2.34. The Morgan fingerprint density at radius 2 is 1.45 bits per heavy atom. The van der Waals surface area contributed by atoms with Gasteiger partial charge in [0, 0.05) is 0 Å². The van der Waals surface area contributed by atoms with Gasteiger partial charge in [-0.2, -0.15) is 4.98 Å². The van der Waals surface area contributed by atoms with E-state index in [1.165, 1.54) is 0 Å². The van der Waals surface area contributed by atoms with Crippen molar-refractivity contribution >= 4 is 56.2 Å². The summed E-state index contributed by atoms with van der Waals surface area (Å²) in [4.78, 5) is 88.0. The fraction of sp³-hybridized carbons (Fsp3) is 0.500. The number of hydrogen-bond acceptors (Lipinski definition) is 23. The van der Waals surface area contributed by atoms with Crippen LogP contribution in [0.4, 0.5) is 5.95 Å². The van der Waals surface area contributed by atoms with Crippen molar-refractivity contribution < 1.29 is 88.9 Å². The molecule has 4 unspecified atom stereocenters. The van der Waals surface area contributed by atoms with Gasteiger partial charge in [0.05, 0.1) is 20.8 Å². The summed E-state index contributed by atoms with van der Waals surface area (Å²) in [5.74, 6) is -0.365. The van der Waals surface area contributed by atoms with Crippen LogP contribution >= 0.6 is 39.1 Å². The predicted molar refractivity (Wildman–Crippen MR) is 107 cm³/mol. The van der Waals surface area contributed by atoms with Crippen molar-refractivity contribution in [2.75, 3.05) is 12.3 Å². The highest BCUT2D eigenvalue weighted by atomic mass is 31.3. The molecular weight excluding hydrogens is 665 g/mol. The van der Waals surface area contributed by atoms with Crippen LogP contribution in [0.2, 0.25) is 0 Å². The van der Waals surface area contributed by atoms with E-state index in [9.17, 15) is 67.2 Å². The lowest BCUT2D eigenvalue weighted by atomic mass is 10.1. The van der Waals surface area contributed by atoms with Crippen LogP contribution in [-0.4, -0.2) is 54.7 Å². The van der Waals surface area contributed by atoms with Crippen molar-refractivity contribution in [2.24, 2.45) is 0 Å². The molecule has 0 aliphatic carbocycles. The maximum atomic E-state index is 11.9. The third-order valence-corrected chi connectivity index (χ3v) is 11.1. The molecule has 1 fully saturated rings. The summed E-state index contributed by atoms with van der Waals surface area (Å²) in [6, 6.07) is 0. The summed E-state index contributed by atoms with van der Waals surface area (Å²) < 4.78 is 78.8. The average molecular weight is 677 g/mol. The van der Waals surface area contributed by atoms with Crippen LogP contribution < -0.4 is 40.7 Å². The van der Waals surface area contributed by atoms with Crippen molar-refractivity contribution in [3.05, 3.63) is 16.7 Å². The van der Waals surface area contributed by atoms with E-state index in [1.54, 1.807) is 0 Å². The molecule has 0 spiro atoms. The maximum Gasteiger partial charge on any atom is 0.280 e. The number of nitrogens with zero attached hydrogens (tertiary/aromatic N) is 3. The molecule has 3 rings (SSSR count). The molecule has 1 aliphatic rings. The maximum absolute atomic E-state index is 11.9. The topological polar surface area (TPSA) is 409 Å². The standard InChI is InChI=1S/C10H18N5O20P5/c11-10-13-7-4(8(18)14-10)12-2-15(7)9-6(17)5(16)3(31-9)1-30-37(22,23)33-39(26,27)35-40(28,29)34-38(24,25)32-36(19,20)21/h2-3,5-6,9,16-17H,1H2,(H,22,23)(H,24,25)(H,26,27)(H,28,29)(H2,19,20,21)(H3,11,13,14,18)/p-6/t3-,5-,6-,9-/m1/s1. The third-order valence-electron chi connectivity index (χ3n) is 4.26. The molecule has 0 saturated carbocycles. The highest BCUT2D eigenvalue weighted by Gasteiger charge is 2.45. The second kappa shape index (κ2) is 11.4. The van der Waals surface area contributed by atoms with Gasteiger partial charge in [-0.05, 0) is 0 Å². The molecule has 0 amide bonds. The van der Waals surface area contributed by atoms with Crippen molar-refractivity contribution in [1.29, 1.82) is 0 Å². The van der Waals surface area contributed by atoms with E-state index in [-0.39, 0.29) is 17.1 Å². The Morgan fingerprint density at radius 3 is 2.00 bits per heavy atom. The Morgan fingerprint density at radius 1 is 0.925 bits per heavy atom. The number of nitrogens with two attached hydrogens (primary N) is 1. The fourth-order valence-corrected chi connectivity index (χ4v) is 8.55. The van der Waals surface area contributed by atoms with E-state index in [2.05, 4.69) is 36.7 Å². The normalized spacial score (nSPS) is 28.0. The smallest absolute Gasteiger partial charge is 0.280 e. The Kier molecular flexibility index (Phi) is 9.51. The molecule has 5 N–H and O–H groups in total. The summed E-state index contributed by atoms with van der Waals surface area (Å²) in [5.41, 5.74) is 4.17. The van der Waals surface area contributed by atoms with Gasteiger partial charge >= 0.3 is 0 Å². The summed E-state index contributed by atoms with van der Waals surface area (Å²) >= 11 is 0. The van der Waals surface area contributed by atoms with Crippen LogP contribution in [0, 0.1) is 0 Å². The number of phosphoric ester groups is 1. The Balaban J connectivity index is 1.65. The van der Waals surface area contributed by atoms with Crippen LogP contribution in [0.5, 0.6) is 0 Å². The van der Waals surface area contributed by atoms with Crippen LogP contribution in [0.3, 0.4) is 0 Å². The van der Waals surface area contributed by atoms with E-state index in [0.29, 0.717) is 0 Å². The molecule has 25 nitrogen and oxygen atoms in total. The number of rotatable bonds is 12. The molecule has 1 saturated heterocycles. The average Bonchev–Trinajstić information content (AvgIpc) is 3.23. The molecule has 0 bridgehead atoms. The molecule has 2 aromatic rings. The minimum Gasteiger partial charge on any atom is -0.790 e. The number of imidazole rings is 1. The second-order valence-corrected chi connectivity index (χ2v) is 14.5. The van der Waals surface area contributed by atoms with Gasteiger partial charge in [0.25, 0.3) is 36.9 Å². The number of aliphatic hydroxyl groups excluding tert-OH is 2. The first-order valence-corrected chi connectivity index (χ1v) is 16.8. The molecular formula is C10H12N5O20P5-6. The summed E-state index contributed by atoms with van der Waals surface area (Å²) in [6.45, 7) is -1.31. The Labute approximate surface area is 218 Å². The Hall–Kier alpha value is -1.26. The van der Waals surface area contributed by atoms with Crippen molar-refractivity contribution in [2.45, 2.75) is 24.5 Å². The molecule has 40 heavy (non-hydrogen) atoms. The first kappa shape index (κ1) is 33.2. The Bertz CT molecular complexity index is 1570. The van der Waals surface area contributed by atoms with Gasteiger partial charge < -0.3 is 59.1 Å². The number of aromatic amines is 1. The zero-order chi connectivity index (χ0) is 30.5. The van der Waals surface area contributed by atoms with Crippen molar-refractivity contribution in [1.82, 2.24) is 19.5 Å². The van der Waals surface area contributed by atoms with Crippen molar-refractivity contribution in [3.8, 4) is 0 Å². The molecule has 1 aliphatic heterocycles. The number of hydrogen-bond donors (Lipinski definition) is 4. The van der Waals surface area contributed by atoms with Gasteiger partial charge in [-0.15, -0.1) is 0 Å². The molecule has 2 aromatic heterocycles. The van der Waals surface area contributed by atoms with E-state index < -0.39 is 75.8 Å². The molecule has 0 radical (unpaired) electrons. The van der Waals surface area contributed by atoms with Gasteiger partial charge in [0.1, 0.15) is 18.3 Å². The van der Waals surface area contributed by atoms with Crippen LogP contribution in [-0.2, 0) is 49.3 Å². The minimum atomic E-state index is -6.74. The number of H-pyrrole nitrogens is 1. The third kappa shape index (κ3) is 8.63. The fourth-order valence-electron chi connectivity index (χ4n) is 2.95. The molecule has 3 heterocycles. The summed E-state index contributed by atoms with van der Waals surface area (Å²) in [6.07, 6.45) is -6.22. The van der Waals surface area contributed by atoms with E-state index in [4.69, 9.17) is 10.5 Å².